The van der Waals surface area contributed by atoms with Crippen LogP contribution in [0.4, 0.5) is 26.3 Å². The second-order valence-electron chi connectivity index (χ2n) is 19.4. The zero-order valence-corrected chi connectivity index (χ0v) is 41.3. The first-order valence-corrected chi connectivity index (χ1v) is 25.3. The minimum Gasteiger partial charge on any atom is -0.309 e. The smallest absolute Gasteiger partial charge is 0.309 e. The Hall–Kier alpha value is -9.91. The molecule has 0 N–H and O–H groups in total. The Morgan fingerprint density at radius 1 is 0.295 bits per heavy atom. The molecule has 0 fully saturated rings. The summed E-state index contributed by atoms with van der Waals surface area (Å²) in [6, 6.07) is 79.6. The van der Waals surface area contributed by atoms with Gasteiger partial charge >= 0.3 is 12.4 Å². The van der Waals surface area contributed by atoms with Crippen LogP contribution in [0.15, 0.2) is 249 Å². The number of nitrogens with zero attached hydrogens (tertiary/aromatic N) is 3. The Morgan fingerprint density at radius 3 is 1.00 bits per heavy atom. The quantitative estimate of drug-likeness (QED) is 0.140. The van der Waals surface area contributed by atoms with Crippen LogP contribution in [0.3, 0.4) is 0 Å². The van der Waals surface area contributed by atoms with Crippen LogP contribution in [0.5, 0.6) is 0 Å². The lowest BCUT2D eigenvalue weighted by atomic mass is 9.91. The monoisotopic (exact) mass is 1030 g/mol. The second kappa shape index (κ2) is 18.7. The molecule has 0 unspecified atom stereocenters. The fourth-order valence-corrected chi connectivity index (χ4v) is 11.1. The van der Waals surface area contributed by atoms with Crippen LogP contribution in [-0.4, -0.2) is 9.13 Å². The van der Waals surface area contributed by atoms with Gasteiger partial charge in [0.05, 0.1) is 56.2 Å². The number of fused-ring (bicyclic) bond motifs is 6. The highest BCUT2D eigenvalue weighted by Gasteiger charge is 2.37. The van der Waals surface area contributed by atoms with Crippen molar-refractivity contribution in [2.24, 2.45) is 0 Å². The zero-order chi connectivity index (χ0) is 53.3. The van der Waals surface area contributed by atoms with Crippen LogP contribution in [0.2, 0.25) is 0 Å². The molecule has 0 amide bonds. The van der Waals surface area contributed by atoms with E-state index in [2.05, 4.69) is 88.0 Å². The Labute approximate surface area is 444 Å². The van der Waals surface area contributed by atoms with E-state index >= 15 is 0 Å². The molecule has 0 bridgehead atoms. The SMILES string of the molecule is N#Cc1cccc(-n2c3ccc(-c4ccccc4)cc3c3cc(-c4ccccc4)ccc32)c1-c1cc(-c2cc(C(F)(F)F)cc(C(F)(F)F)c2)ccc1-n1c2ccc(-c3ccccc3)cc2c2cc(-c3ccccc3)ccc21. The normalized spacial score (nSPS) is 12.0. The molecule has 3 nitrogen and oxygen atoms in total. The van der Waals surface area contributed by atoms with Crippen molar-refractivity contribution in [3.05, 3.63) is 265 Å². The number of halogens is 6. The number of hydrogen-bond acceptors (Lipinski definition) is 1. The molecule has 0 aliphatic carbocycles. The van der Waals surface area contributed by atoms with E-state index in [1.54, 1.807) is 30.3 Å². The van der Waals surface area contributed by atoms with Gasteiger partial charge in [0, 0.05) is 32.7 Å². The average molecular weight is 1030 g/mol. The fraction of sp³-hybridized carbons (Fsp3) is 0.0290. The molecule has 0 saturated carbocycles. The van der Waals surface area contributed by atoms with Gasteiger partial charge in [0.15, 0.2) is 0 Å². The Kier molecular flexibility index (Phi) is 11.5. The summed E-state index contributed by atoms with van der Waals surface area (Å²) in [7, 11) is 0. The lowest BCUT2D eigenvalue weighted by molar-refractivity contribution is -0.143. The van der Waals surface area contributed by atoms with Crippen molar-refractivity contribution in [1.82, 2.24) is 9.13 Å². The molecule has 0 spiro atoms. The van der Waals surface area contributed by atoms with Crippen LogP contribution in [0.1, 0.15) is 16.7 Å². The summed E-state index contributed by atoms with van der Waals surface area (Å²) in [5.41, 5.74) is 10.3. The standard InChI is InChI=1S/C69H41F6N3/c70-68(71,72)54-34-53(35-55(41-54)69(73,74)75)51-28-33-65(77-61-29-24-47(43-14-5-1-6-15-43)36-56(61)57-37-48(25-30-62(57)77)44-16-7-2-8-17-44)60(40-51)67-52(42-76)22-13-23-66(67)78-63-31-26-49(45-18-9-3-10-19-45)38-58(63)59-39-50(27-32-64(59)78)46-20-11-4-12-21-46/h1-41H. The van der Waals surface area contributed by atoms with Crippen molar-refractivity contribution >= 4 is 43.6 Å². The van der Waals surface area contributed by atoms with Crippen LogP contribution in [0.25, 0.3) is 122 Å². The van der Waals surface area contributed by atoms with Crippen LogP contribution in [0, 0.1) is 11.3 Å². The molecule has 374 valence electrons. The summed E-state index contributed by atoms with van der Waals surface area (Å²) in [4.78, 5) is 0. The molecule has 0 saturated heterocycles. The molecular weight excluding hydrogens is 985 g/mol. The first-order chi connectivity index (χ1) is 37.9. The average Bonchev–Trinajstić information content (AvgIpc) is 4.18. The summed E-state index contributed by atoms with van der Waals surface area (Å²) in [5, 5.41) is 15.0. The minimum atomic E-state index is -5.09. The molecule has 13 aromatic rings. The zero-order valence-electron chi connectivity index (χ0n) is 41.3. The highest BCUT2D eigenvalue weighted by Crippen LogP contribution is 2.47. The molecular formula is C69H41F6N3. The predicted octanol–water partition coefficient (Wildman–Crippen LogP) is 19.8. The van der Waals surface area contributed by atoms with Crippen molar-refractivity contribution in [1.29, 1.82) is 5.26 Å². The summed E-state index contributed by atoms with van der Waals surface area (Å²) < 4.78 is 91.9. The first-order valence-electron chi connectivity index (χ1n) is 25.3. The molecule has 9 heteroatoms. The van der Waals surface area contributed by atoms with E-state index in [0.29, 0.717) is 22.5 Å². The number of hydrogen-bond donors (Lipinski definition) is 0. The molecule has 0 aliphatic heterocycles. The van der Waals surface area contributed by atoms with E-state index in [1.807, 2.05) is 127 Å². The number of aromatic nitrogens is 2. The van der Waals surface area contributed by atoms with Crippen molar-refractivity contribution in [3.63, 3.8) is 0 Å². The summed E-state index contributed by atoms with van der Waals surface area (Å²) >= 11 is 0. The Bertz CT molecular complexity index is 4280. The van der Waals surface area contributed by atoms with Gasteiger partial charge in [-0.15, -0.1) is 0 Å². The second-order valence-corrected chi connectivity index (χ2v) is 19.4. The Balaban J connectivity index is 1.14. The molecule has 0 atom stereocenters. The van der Waals surface area contributed by atoms with E-state index in [0.717, 1.165) is 100 Å². The molecule has 2 heterocycles. The van der Waals surface area contributed by atoms with Crippen molar-refractivity contribution in [3.8, 4) is 84.2 Å². The van der Waals surface area contributed by atoms with E-state index in [-0.39, 0.29) is 22.8 Å². The van der Waals surface area contributed by atoms with Gasteiger partial charge in [-0.05, 0) is 147 Å². The molecule has 2 aromatic heterocycles. The highest BCUT2D eigenvalue weighted by atomic mass is 19.4. The minimum absolute atomic E-state index is 0.0877. The van der Waals surface area contributed by atoms with Gasteiger partial charge in [-0.25, -0.2) is 0 Å². The number of nitriles is 1. The van der Waals surface area contributed by atoms with E-state index < -0.39 is 23.5 Å². The lowest BCUT2D eigenvalue weighted by Gasteiger charge is -2.21. The third kappa shape index (κ3) is 8.35. The van der Waals surface area contributed by atoms with Crippen molar-refractivity contribution in [2.45, 2.75) is 12.4 Å². The maximum Gasteiger partial charge on any atom is 0.416 e. The van der Waals surface area contributed by atoms with E-state index in [9.17, 15) is 31.6 Å². The molecule has 13 rings (SSSR count). The molecule has 0 radical (unpaired) electrons. The molecule has 11 aromatic carbocycles. The predicted molar refractivity (Wildman–Crippen MR) is 302 cm³/mol. The number of alkyl halides is 6. The number of benzene rings is 11. The maximum absolute atomic E-state index is 14.6. The molecule has 0 aliphatic rings. The number of rotatable bonds is 8. The highest BCUT2D eigenvalue weighted by molar-refractivity contribution is 6.14. The van der Waals surface area contributed by atoms with Gasteiger partial charge < -0.3 is 9.13 Å². The Morgan fingerprint density at radius 2 is 0.641 bits per heavy atom. The van der Waals surface area contributed by atoms with Gasteiger partial charge in [0.2, 0.25) is 0 Å². The van der Waals surface area contributed by atoms with Gasteiger partial charge in [-0.2, -0.15) is 31.6 Å². The van der Waals surface area contributed by atoms with Crippen LogP contribution < -0.4 is 0 Å². The molecule has 78 heavy (non-hydrogen) atoms. The summed E-state index contributed by atoms with van der Waals surface area (Å²) in [6.45, 7) is 0. The van der Waals surface area contributed by atoms with Crippen molar-refractivity contribution in [2.75, 3.05) is 0 Å². The van der Waals surface area contributed by atoms with Gasteiger partial charge in [0.1, 0.15) is 0 Å². The fourth-order valence-electron chi connectivity index (χ4n) is 11.1. The topological polar surface area (TPSA) is 33.6 Å². The summed E-state index contributed by atoms with van der Waals surface area (Å²) in [6.07, 6.45) is -10.2. The third-order valence-corrected chi connectivity index (χ3v) is 14.8. The third-order valence-electron chi connectivity index (χ3n) is 14.8. The van der Waals surface area contributed by atoms with E-state index in [1.165, 1.54) is 0 Å². The van der Waals surface area contributed by atoms with Crippen molar-refractivity contribution < 1.29 is 26.3 Å². The van der Waals surface area contributed by atoms with Gasteiger partial charge in [-0.3, -0.25) is 0 Å². The van der Waals surface area contributed by atoms with Crippen LogP contribution in [-0.2, 0) is 12.4 Å². The van der Waals surface area contributed by atoms with E-state index in [4.69, 9.17) is 0 Å². The first kappa shape index (κ1) is 47.8. The van der Waals surface area contributed by atoms with Gasteiger partial charge in [0.25, 0.3) is 0 Å². The van der Waals surface area contributed by atoms with Gasteiger partial charge in [-0.1, -0.05) is 158 Å². The largest absolute Gasteiger partial charge is 0.416 e. The van der Waals surface area contributed by atoms with Crippen LogP contribution >= 0.6 is 0 Å². The maximum atomic E-state index is 14.6. The lowest BCUT2D eigenvalue weighted by Crippen LogP contribution is -2.11. The summed E-state index contributed by atoms with van der Waals surface area (Å²) in [5.74, 6) is 0.